The van der Waals surface area contributed by atoms with Crippen LogP contribution in [0.3, 0.4) is 0 Å². The number of carbonyl (C=O) groups excluding carboxylic acids is 3. The van der Waals surface area contributed by atoms with Gasteiger partial charge in [-0.15, -0.1) is 0 Å². The molecule has 2 aliphatic rings. The number of imidazole rings is 1. The van der Waals surface area contributed by atoms with E-state index in [1.165, 1.54) is 0 Å². The monoisotopic (exact) mass is 579 g/mol. The Bertz CT molecular complexity index is 1450. The van der Waals surface area contributed by atoms with Crippen LogP contribution in [0.5, 0.6) is 0 Å². The lowest BCUT2D eigenvalue weighted by atomic mass is 10.0. The molecule has 2 fully saturated rings. The van der Waals surface area contributed by atoms with E-state index in [-0.39, 0.29) is 29.8 Å². The van der Waals surface area contributed by atoms with Crippen molar-refractivity contribution in [2.24, 2.45) is 0 Å². The molecule has 3 heterocycles. The maximum absolute atomic E-state index is 13.5. The Morgan fingerprint density at radius 2 is 1.80 bits per heavy atom. The van der Waals surface area contributed by atoms with E-state index in [4.69, 9.17) is 16.6 Å². The number of aryl methyl sites for hydroxylation is 1. The first-order chi connectivity index (χ1) is 19.7. The van der Waals surface area contributed by atoms with E-state index >= 15 is 0 Å². The number of carbonyl (C=O) groups is 3. The van der Waals surface area contributed by atoms with Gasteiger partial charge < -0.3 is 30.7 Å². The van der Waals surface area contributed by atoms with E-state index in [0.717, 1.165) is 43.4 Å². The SMILES string of the molecule is CNC1(NC)CCN(C(=O)CC[C@H](NC(=O)c2ccc(C(=O)N3CCCC3)c(C)c2)c2nc3cc(Cl)ccc3[nH]2)C1. The van der Waals surface area contributed by atoms with Crippen LogP contribution in [0.4, 0.5) is 0 Å². The Morgan fingerprint density at radius 3 is 2.49 bits per heavy atom. The zero-order valence-corrected chi connectivity index (χ0v) is 24.6. The van der Waals surface area contributed by atoms with Gasteiger partial charge in [-0.3, -0.25) is 14.4 Å². The molecule has 1 atom stereocenters. The van der Waals surface area contributed by atoms with Crippen molar-refractivity contribution in [3.63, 3.8) is 0 Å². The number of amides is 3. The minimum Gasteiger partial charge on any atom is -0.342 e. The minimum atomic E-state index is -0.537. The first-order valence-electron chi connectivity index (χ1n) is 14.2. The second-order valence-corrected chi connectivity index (χ2v) is 11.5. The van der Waals surface area contributed by atoms with E-state index in [9.17, 15) is 14.4 Å². The number of rotatable bonds is 9. The molecule has 0 aliphatic carbocycles. The van der Waals surface area contributed by atoms with Crippen molar-refractivity contribution >= 4 is 40.4 Å². The number of aromatic nitrogens is 2. The number of likely N-dealkylation sites (tertiary alicyclic amines) is 2. The molecule has 218 valence electrons. The smallest absolute Gasteiger partial charge is 0.254 e. The lowest BCUT2D eigenvalue weighted by Crippen LogP contribution is -2.56. The van der Waals surface area contributed by atoms with Crippen molar-refractivity contribution in [2.45, 2.75) is 50.7 Å². The molecule has 1 aromatic heterocycles. The maximum Gasteiger partial charge on any atom is 0.254 e. The van der Waals surface area contributed by atoms with Gasteiger partial charge in [0.05, 0.1) is 29.3 Å². The Kier molecular flexibility index (Phi) is 8.63. The van der Waals surface area contributed by atoms with Crippen LogP contribution in [0.15, 0.2) is 36.4 Å². The molecule has 0 spiro atoms. The Labute approximate surface area is 245 Å². The summed E-state index contributed by atoms with van der Waals surface area (Å²) in [5, 5.41) is 10.2. The van der Waals surface area contributed by atoms with Crippen LogP contribution >= 0.6 is 11.6 Å². The number of nitrogens with zero attached hydrogens (tertiary/aromatic N) is 3. The normalized spacial score (nSPS) is 17.3. The van der Waals surface area contributed by atoms with Crippen LogP contribution in [-0.4, -0.2) is 83.4 Å². The summed E-state index contributed by atoms with van der Waals surface area (Å²) in [5.74, 6) is 0.292. The van der Waals surface area contributed by atoms with Gasteiger partial charge in [0.15, 0.2) is 0 Å². The number of hydrogen-bond acceptors (Lipinski definition) is 6. The standard InChI is InChI=1S/C30H38ClN7O3/c1-19-16-20(6-8-22(19)29(41)37-13-4-5-14-37)28(40)36-24(27-34-23-9-7-21(31)17-25(23)35-27)10-11-26(39)38-15-12-30(18-38,32-2)33-3/h6-9,16-17,24,32-33H,4-5,10-15,18H2,1-3H3,(H,34,35)(H,36,40)/t24-/m0/s1. The van der Waals surface area contributed by atoms with E-state index in [2.05, 4.69) is 20.9 Å². The zero-order valence-electron chi connectivity index (χ0n) is 23.8. The van der Waals surface area contributed by atoms with Crippen molar-refractivity contribution < 1.29 is 14.4 Å². The average molecular weight is 580 g/mol. The highest BCUT2D eigenvalue weighted by Crippen LogP contribution is 2.25. The molecule has 41 heavy (non-hydrogen) atoms. The van der Waals surface area contributed by atoms with Crippen LogP contribution in [-0.2, 0) is 4.79 Å². The molecule has 0 saturated carbocycles. The Morgan fingerprint density at radius 1 is 1.05 bits per heavy atom. The van der Waals surface area contributed by atoms with Crippen LogP contribution in [0, 0.1) is 6.92 Å². The van der Waals surface area contributed by atoms with Crippen LogP contribution in [0.2, 0.25) is 5.02 Å². The van der Waals surface area contributed by atoms with E-state index in [0.29, 0.717) is 47.0 Å². The summed E-state index contributed by atoms with van der Waals surface area (Å²) in [4.78, 5) is 51.3. The molecule has 5 rings (SSSR count). The maximum atomic E-state index is 13.5. The summed E-state index contributed by atoms with van der Waals surface area (Å²) in [6.07, 6.45) is 3.46. The van der Waals surface area contributed by atoms with Crippen molar-refractivity contribution in [3.8, 4) is 0 Å². The second-order valence-electron chi connectivity index (χ2n) is 11.0. The summed E-state index contributed by atoms with van der Waals surface area (Å²) < 4.78 is 0. The van der Waals surface area contributed by atoms with Gasteiger partial charge in [-0.1, -0.05) is 11.6 Å². The minimum absolute atomic E-state index is 0.00626. The molecule has 11 heteroatoms. The quantitative estimate of drug-likeness (QED) is 0.288. The number of benzene rings is 2. The molecule has 10 nitrogen and oxygen atoms in total. The molecule has 3 amide bonds. The predicted molar refractivity (Wildman–Crippen MR) is 159 cm³/mol. The molecular weight excluding hydrogens is 542 g/mol. The predicted octanol–water partition coefficient (Wildman–Crippen LogP) is 3.38. The molecule has 0 radical (unpaired) electrons. The van der Waals surface area contributed by atoms with Gasteiger partial charge in [0, 0.05) is 42.2 Å². The molecule has 3 aromatic rings. The lowest BCUT2D eigenvalue weighted by molar-refractivity contribution is -0.130. The topological polar surface area (TPSA) is 122 Å². The molecule has 2 saturated heterocycles. The molecule has 2 aliphatic heterocycles. The van der Waals surface area contributed by atoms with Gasteiger partial charge >= 0.3 is 0 Å². The molecular formula is C30H38ClN7O3. The van der Waals surface area contributed by atoms with Crippen molar-refractivity contribution in [1.29, 1.82) is 0 Å². The fraction of sp³-hybridized carbons (Fsp3) is 0.467. The zero-order chi connectivity index (χ0) is 29.1. The summed E-state index contributed by atoms with van der Waals surface area (Å²) in [7, 11) is 3.78. The number of fused-ring (bicyclic) bond motifs is 1. The van der Waals surface area contributed by atoms with E-state index < -0.39 is 6.04 Å². The van der Waals surface area contributed by atoms with Gasteiger partial charge in [0.1, 0.15) is 5.82 Å². The molecule has 0 bridgehead atoms. The number of likely N-dealkylation sites (N-methyl/N-ethyl adjacent to an activating group) is 2. The average Bonchev–Trinajstić information content (AvgIpc) is 3.74. The summed E-state index contributed by atoms with van der Waals surface area (Å²) in [6.45, 7) is 4.62. The summed E-state index contributed by atoms with van der Waals surface area (Å²) in [5.41, 5.74) is 3.01. The third-order valence-electron chi connectivity index (χ3n) is 8.44. The van der Waals surface area contributed by atoms with Crippen molar-refractivity contribution in [3.05, 3.63) is 63.9 Å². The highest BCUT2D eigenvalue weighted by molar-refractivity contribution is 6.31. The van der Waals surface area contributed by atoms with Gasteiger partial charge in [-0.25, -0.2) is 4.98 Å². The number of halogens is 1. The highest BCUT2D eigenvalue weighted by Gasteiger charge is 2.37. The summed E-state index contributed by atoms with van der Waals surface area (Å²) >= 11 is 6.17. The second kappa shape index (κ2) is 12.2. The van der Waals surface area contributed by atoms with E-state index in [1.54, 1.807) is 30.3 Å². The van der Waals surface area contributed by atoms with Gasteiger partial charge in [-0.05, 0) is 88.7 Å². The highest BCUT2D eigenvalue weighted by atomic mass is 35.5. The third kappa shape index (κ3) is 6.24. The summed E-state index contributed by atoms with van der Waals surface area (Å²) in [6, 6.07) is 10.0. The number of aromatic amines is 1. The Hall–Kier alpha value is -3.47. The van der Waals surface area contributed by atoms with Crippen LogP contribution in [0.1, 0.15) is 70.2 Å². The van der Waals surface area contributed by atoms with Crippen LogP contribution < -0.4 is 16.0 Å². The number of nitrogens with one attached hydrogen (secondary N) is 4. The lowest BCUT2D eigenvalue weighted by Gasteiger charge is -2.28. The molecule has 4 N–H and O–H groups in total. The largest absolute Gasteiger partial charge is 0.342 e. The van der Waals surface area contributed by atoms with Crippen molar-refractivity contribution in [2.75, 3.05) is 40.3 Å². The van der Waals surface area contributed by atoms with Gasteiger partial charge in [0.25, 0.3) is 11.8 Å². The third-order valence-corrected chi connectivity index (χ3v) is 8.67. The fourth-order valence-electron chi connectivity index (χ4n) is 5.80. The molecule has 0 unspecified atom stereocenters. The van der Waals surface area contributed by atoms with Crippen LogP contribution in [0.25, 0.3) is 11.0 Å². The Balaban J connectivity index is 1.33. The first kappa shape index (κ1) is 29.0. The fourth-order valence-corrected chi connectivity index (χ4v) is 5.97. The van der Waals surface area contributed by atoms with Gasteiger partial charge in [0.2, 0.25) is 5.91 Å². The first-order valence-corrected chi connectivity index (χ1v) is 14.6. The number of H-pyrrole nitrogens is 1. The van der Waals surface area contributed by atoms with Crippen molar-refractivity contribution in [1.82, 2.24) is 35.7 Å². The number of hydrogen-bond donors (Lipinski definition) is 4. The van der Waals surface area contributed by atoms with E-state index in [1.807, 2.05) is 36.9 Å². The molecule has 2 aromatic carbocycles. The van der Waals surface area contributed by atoms with Gasteiger partial charge in [-0.2, -0.15) is 0 Å².